The molecule has 2 fully saturated rings. The van der Waals surface area contributed by atoms with Gasteiger partial charge in [-0.2, -0.15) is 0 Å². The van der Waals surface area contributed by atoms with Gasteiger partial charge in [-0.25, -0.2) is 0 Å². The minimum atomic E-state index is 0.746. The van der Waals surface area contributed by atoms with Crippen molar-refractivity contribution < 1.29 is 4.74 Å². The van der Waals surface area contributed by atoms with Gasteiger partial charge in [0.25, 0.3) is 0 Å². The van der Waals surface area contributed by atoms with Gasteiger partial charge in [-0.3, -0.25) is 0 Å². The van der Waals surface area contributed by atoms with Gasteiger partial charge < -0.3 is 10.1 Å². The average molecular weight is 183 g/mol. The molecular formula is C11H21NO. The van der Waals surface area contributed by atoms with Crippen molar-refractivity contribution in [3.8, 4) is 0 Å². The topological polar surface area (TPSA) is 21.3 Å². The van der Waals surface area contributed by atoms with E-state index in [0.29, 0.717) is 0 Å². The Labute approximate surface area is 81.0 Å². The predicted molar refractivity (Wildman–Crippen MR) is 53.7 cm³/mol. The van der Waals surface area contributed by atoms with Gasteiger partial charge in [-0.15, -0.1) is 0 Å². The lowest BCUT2D eigenvalue weighted by Gasteiger charge is -2.29. The average Bonchev–Trinajstić information content (AvgIpc) is 2.62. The largest absolute Gasteiger partial charge is 0.381 e. The van der Waals surface area contributed by atoms with Gasteiger partial charge in [0.1, 0.15) is 0 Å². The maximum absolute atomic E-state index is 5.40. The molecule has 0 amide bonds. The van der Waals surface area contributed by atoms with Crippen LogP contribution in [0.3, 0.4) is 0 Å². The Morgan fingerprint density at radius 2 is 2.15 bits per heavy atom. The molecule has 2 heteroatoms. The van der Waals surface area contributed by atoms with Crippen LogP contribution in [0.25, 0.3) is 0 Å². The maximum atomic E-state index is 5.40. The number of rotatable bonds is 2. The van der Waals surface area contributed by atoms with Gasteiger partial charge in [0, 0.05) is 19.3 Å². The first-order valence-electron chi connectivity index (χ1n) is 5.65. The Balaban J connectivity index is 1.69. The van der Waals surface area contributed by atoms with Gasteiger partial charge in [0.2, 0.25) is 0 Å². The molecule has 76 valence electrons. The molecule has 0 radical (unpaired) electrons. The van der Waals surface area contributed by atoms with Crippen molar-refractivity contribution >= 4 is 0 Å². The molecule has 0 saturated carbocycles. The molecule has 2 saturated heterocycles. The second-order valence-electron chi connectivity index (χ2n) is 4.72. The summed E-state index contributed by atoms with van der Waals surface area (Å²) in [4.78, 5) is 0. The molecule has 2 nitrogen and oxygen atoms in total. The summed E-state index contributed by atoms with van der Waals surface area (Å²) in [6, 6.07) is 0.746. The number of ether oxygens (including phenoxy) is 1. The number of hydrogen-bond donors (Lipinski definition) is 1. The molecule has 3 atom stereocenters. The molecular weight excluding hydrogens is 162 g/mol. The lowest BCUT2D eigenvalue weighted by molar-refractivity contribution is 0.175. The van der Waals surface area contributed by atoms with Crippen LogP contribution in [0.1, 0.15) is 32.6 Å². The van der Waals surface area contributed by atoms with Crippen LogP contribution in [0.4, 0.5) is 0 Å². The Kier molecular flexibility index (Phi) is 3.23. The molecule has 0 bridgehead atoms. The summed E-state index contributed by atoms with van der Waals surface area (Å²) in [7, 11) is 0. The van der Waals surface area contributed by atoms with Crippen molar-refractivity contribution in [3.05, 3.63) is 0 Å². The molecule has 2 aliphatic rings. The fourth-order valence-corrected chi connectivity index (χ4v) is 2.50. The summed E-state index contributed by atoms with van der Waals surface area (Å²) in [5.41, 5.74) is 0. The minimum Gasteiger partial charge on any atom is -0.381 e. The molecule has 3 unspecified atom stereocenters. The first kappa shape index (κ1) is 9.47. The van der Waals surface area contributed by atoms with Crippen molar-refractivity contribution in [1.29, 1.82) is 0 Å². The lowest BCUT2D eigenvalue weighted by Crippen LogP contribution is -2.37. The fraction of sp³-hybridized carbons (Fsp3) is 1.00. The van der Waals surface area contributed by atoms with Gasteiger partial charge >= 0.3 is 0 Å². The Morgan fingerprint density at radius 1 is 1.23 bits per heavy atom. The highest BCUT2D eigenvalue weighted by Gasteiger charge is 2.23. The lowest BCUT2D eigenvalue weighted by atomic mass is 9.87. The number of hydrogen-bond acceptors (Lipinski definition) is 2. The summed E-state index contributed by atoms with van der Waals surface area (Å²) >= 11 is 0. The first-order chi connectivity index (χ1) is 6.34. The normalized spacial score (nSPS) is 40.8. The standard InChI is InChI=1S/C11H21NO/c1-9-2-3-10(7-12-9)6-11-4-5-13-8-11/h9-12H,2-8H2,1H3. The van der Waals surface area contributed by atoms with Crippen molar-refractivity contribution in [2.75, 3.05) is 19.8 Å². The molecule has 0 aliphatic carbocycles. The Hall–Kier alpha value is -0.0800. The maximum Gasteiger partial charge on any atom is 0.0495 e. The van der Waals surface area contributed by atoms with Crippen LogP contribution >= 0.6 is 0 Å². The summed E-state index contributed by atoms with van der Waals surface area (Å²) in [5.74, 6) is 1.78. The molecule has 0 aromatic rings. The van der Waals surface area contributed by atoms with E-state index in [1.807, 2.05) is 0 Å². The third-order valence-corrected chi connectivity index (χ3v) is 3.45. The van der Waals surface area contributed by atoms with Crippen LogP contribution in [0.15, 0.2) is 0 Å². The van der Waals surface area contributed by atoms with E-state index in [1.54, 1.807) is 0 Å². The fourth-order valence-electron chi connectivity index (χ4n) is 2.50. The van der Waals surface area contributed by atoms with Gasteiger partial charge in [0.05, 0.1) is 0 Å². The molecule has 0 spiro atoms. The quantitative estimate of drug-likeness (QED) is 0.705. The second-order valence-corrected chi connectivity index (χ2v) is 4.72. The Bertz CT molecular complexity index is 146. The van der Waals surface area contributed by atoms with Crippen LogP contribution in [0.2, 0.25) is 0 Å². The van der Waals surface area contributed by atoms with Gasteiger partial charge in [-0.05, 0) is 51.0 Å². The summed E-state index contributed by atoms with van der Waals surface area (Å²) < 4.78 is 5.40. The van der Waals surface area contributed by atoms with E-state index in [0.717, 1.165) is 31.1 Å². The van der Waals surface area contributed by atoms with E-state index < -0.39 is 0 Å². The van der Waals surface area contributed by atoms with Crippen LogP contribution in [-0.4, -0.2) is 25.8 Å². The first-order valence-corrected chi connectivity index (χ1v) is 5.65. The van der Waals surface area contributed by atoms with E-state index in [-0.39, 0.29) is 0 Å². The van der Waals surface area contributed by atoms with Crippen LogP contribution in [0.5, 0.6) is 0 Å². The zero-order valence-corrected chi connectivity index (χ0v) is 8.59. The Morgan fingerprint density at radius 3 is 2.77 bits per heavy atom. The highest BCUT2D eigenvalue weighted by molar-refractivity contribution is 4.78. The number of piperidine rings is 1. The van der Waals surface area contributed by atoms with Crippen molar-refractivity contribution in [1.82, 2.24) is 5.32 Å². The van der Waals surface area contributed by atoms with Crippen molar-refractivity contribution in [3.63, 3.8) is 0 Å². The van der Waals surface area contributed by atoms with Crippen LogP contribution < -0.4 is 5.32 Å². The monoisotopic (exact) mass is 183 g/mol. The van der Waals surface area contributed by atoms with E-state index in [4.69, 9.17) is 4.74 Å². The second kappa shape index (κ2) is 4.43. The van der Waals surface area contributed by atoms with Gasteiger partial charge in [0.15, 0.2) is 0 Å². The van der Waals surface area contributed by atoms with E-state index >= 15 is 0 Å². The summed E-state index contributed by atoms with van der Waals surface area (Å²) in [6.07, 6.45) is 5.47. The summed E-state index contributed by atoms with van der Waals surface area (Å²) in [5, 5.41) is 3.57. The molecule has 13 heavy (non-hydrogen) atoms. The molecule has 1 N–H and O–H groups in total. The van der Waals surface area contributed by atoms with E-state index in [9.17, 15) is 0 Å². The molecule has 0 aromatic carbocycles. The van der Waals surface area contributed by atoms with E-state index in [1.165, 1.54) is 32.2 Å². The predicted octanol–water partition coefficient (Wildman–Crippen LogP) is 1.80. The number of nitrogens with one attached hydrogen (secondary N) is 1. The van der Waals surface area contributed by atoms with Gasteiger partial charge in [-0.1, -0.05) is 0 Å². The van der Waals surface area contributed by atoms with E-state index in [2.05, 4.69) is 12.2 Å². The molecule has 2 heterocycles. The third-order valence-electron chi connectivity index (χ3n) is 3.45. The van der Waals surface area contributed by atoms with Crippen LogP contribution in [0, 0.1) is 11.8 Å². The molecule has 0 aromatic heterocycles. The zero-order valence-electron chi connectivity index (χ0n) is 8.59. The summed E-state index contributed by atoms with van der Waals surface area (Å²) in [6.45, 7) is 5.54. The minimum absolute atomic E-state index is 0.746. The third kappa shape index (κ3) is 2.68. The zero-order chi connectivity index (χ0) is 9.10. The molecule has 2 aliphatic heterocycles. The van der Waals surface area contributed by atoms with Crippen molar-refractivity contribution in [2.24, 2.45) is 11.8 Å². The smallest absolute Gasteiger partial charge is 0.0495 e. The highest BCUT2D eigenvalue weighted by atomic mass is 16.5. The van der Waals surface area contributed by atoms with Crippen molar-refractivity contribution in [2.45, 2.75) is 38.6 Å². The molecule has 2 rings (SSSR count). The highest BCUT2D eigenvalue weighted by Crippen LogP contribution is 2.26. The van der Waals surface area contributed by atoms with Crippen LogP contribution in [-0.2, 0) is 4.74 Å². The SMILES string of the molecule is CC1CCC(CC2CCOC2)CN1.